The van der Waals surface area contributed by atoms with Crippen molar-refractivity contribution in [1.29, 1.82) is 0 Å². The number of piperidine rings is 1. The van der Waals surface area contributed by atoms with Crippen LogP contribution in [0.5, 0.6) is 0 Å². The first-order chi connectivity index (χ1) is 10.1. The zero-order valence-electron chi connectivity index (χ0n) is 13.0. The molecular weight excluding hydrogens is 260 g/mol. The molecule has 1 saturated heterocycles. The SMILES string of the molecule is CCC1(C)CCN(C(=O)c2cccc(C#CCN)c2)CC1. The van der Waals surface area contributed by atoms with Crippen molar-refractivity contribution in [1.82, 2.24) is 4.90 Å². The number of benzene rings is 1. The highest BCUT2D eigenvalue weighted by molar-refractivity contribution is 5.94. The molecule has 0 radical (unpaired) electrons. The van der Waals surface area contributed by atoms with E-state index >= 15 is 0 Å². The molecule has 1 heterocycles. The van der Waals surface area contributed by atoms with Gasteiger partial charge >= 0.3 is 0 Å². The quantitative estimate of drug-likeness (QED) is 0.849. The molecule has 0 bridgehead atoms. The highest BCUT2D eigenvalue weighted by atomic mass is 16.2. The normalized spacial score (nSPS) is 17.0. The lowest BCUT2D eigenvalue weighted by atomic mass is 9.78. The van der Waals surface area contributed by atoms with Gasteiger partial charge in [0, 0.05) is 24.2 Å². The number of nitrogens with two attached hydrogens (primary N) is 1. The Morgan fingerprint density at radius 3 is 2.71 bits per heavy atom. The van der Waals surface area contributed by atoms with Gasteiger partial charge in [-0.1, -0.05) is 38.2 Å². The summed E-state index contributed by atoms with van der Waals surface area (Å²) in [6.45, 7) is 6.58. The number of rotatable bonds is 2. The largest absolute Gasteiger partial charge is 0.339 e. The van der Waals surface area contributed by atoms with Crippen LogP contribution in [0.1, 0.15) is 49.0 Å². The minimum atomic E-state index is 0.115. The first kappa shape index (κ1) is 15.6. The lowest BCUT2D eigenvalue weighted by Crippen LogP contribution is -2.41. The molecule has 0 unspecified atom stereocenters. The molecular formula is C18H24N2O. The average Bonchev–Trinajstić information content (AvgIpc) is 2.53. The molecule has 1 aliphatic rings. The summed E-state index contributed by atoms with van der Waals surface area (Å²) in [6.07, 6.45) is 3.35. The van der Waals surface area contributed by atoms with Gasteiger partial charge in [0.25, 0.3) is 5.91 Å². The number of hydrogen-bond donors (Lipinski definition) is 1. The highest BCUT2D eigenvalue weighted by Crippen LogP contribution is 2.34. The van der Waals surface area contributed by atoms with Crippen LogP contribution in [-0.4, -0.2) is 30.4 Å². The Labute approximate surface area is 127 Å². The molecule has 1 aliphatic heterocycles. The number of amides is 1. The van der Waals surface area contributed by atoms with Crippen molar-refractivity contribution < 1.29 is 4.79 Å². The molecule has 3 heteroatoms. The lowest BCUT2D eigenvalue weighted by molar-refractivity contribution is 0.0600. The van der Waals surface area contributed by atoms with E-state index in [4.69, 9.17) is 5.73 Å². The van der Waals surface area contributed by atoms with E-state index in [-0.39, 0.29) is 5.91 Å². The second kappa shape index (κ2) is 6.78. The van der Waals surface area contributed by atoms with Gasteiger partial charge in [-0.25, -0.2) is 0 Å². The van der Waals surface area contributed by atoms with Crippen molar-refractivity contribution >= 4 is 5.91 Å². The summed E-state index contributed by atoms with van der Waals surface area (Å²) in [6, 6.07) is 7.51. The summed E-state index contributed by atoms with van der Waals surface area (Å²) in [5.74, 6) is 5.92. The monoisotopic (exact) mass is 284 g/mol. The predicted molar refractivity (Wildman–Crippen MR) is 85.9 cm³/mol. The van der Waals surface area contributed by atoms with Crippen molar-refractivity contribution in [3.63, 3.8) is 0 Å². The van der Waals surface area contributed by atoms with Gasteiger partial charge in [-0.2, -0.15) is 0 Å². The maximum atomic E-state index is 12.6. The fourth-order valence-corrected chi connectivity index (χ4v) is 2.67. The van der Waals surface area contributed by atoms with Crippen LogP contribution in [0.3, 0.4) is 0 Å². The summed E-state index contributed by atoms with van der Waals surface area (Å²) >= 11 is 0. The van der Waals surface area contributed by atoms with E-state index < -0.39 is 0 Å². The Balaban J connectivity index is 2.07. The molecule has 0 spiro atoms. The summed E-state index contributed by atoms with van der Waals surface area (Å²) in [5.41, 5.74) is 7.35. The zero-order chi connectivity index (χ0) is 15.3. The molecule has 3 nitrogen and oxygen atoms in total. The fraction of sp³-hybridized carbons (Fsp3) is 0.500. The van der Waals surface area contributed by atoms with E-state index in [0.717, 1.165) is 37.1 Å². The third-order valence-corrected chi connectivity index (χ3v) is 4.56. The van der Waals surface area contributed by atoms with Crippen LogP contribution in [0.15, 0.2) is 24.3 Å². The van der Waals surface area contributed by atoms with Gasteiger partial charge < -0.3 is 10.6 Å². The van der Waals surface area contributed by atoms with Gasteiger partial charge in [-0.05, 0) is 36.5 Å². The molecule has 0 aliphatic carbocycles. The standard InChI is InChI=1S/C18H24N2O/c1-3-18(2)9-12-20(13-10-18)17(21)16-8-4-6-15(14-16)7-5-11-19/h4,6,8,14H,3,9-13,19H2,1-2H3. The van der Waals surface area contributed by atoms with E-state index in [1.165, 1.54) is 6.42 Å². The van der Waals surface area contributed by atoms with Gasteiger partial charge in [0.15, 0.2) is 0 Å². The predicted octanol–water partition coefficient (Wildman–Crippen LogP) is 2.65. The lowest BCUT2D eigenvalue weighted by Gasteiger charge is -2.39. The molecule has 21 heavy (non-hydrogen) atoms. The van der Waals surface area contributed by atoms with Gasteiger partial charge in [-0.15, -0.1) is 0 Å². The zero-order valence-corrected chi connectivity index (χ0v) is 13.0. The number of likely N-dealkylation sites (tertiary alicyclic amines) is 1. The number of carbonyl (C=O) groups excluding carboxylic acids is 1. The topological polar surface area (TPSA) is 46.3 Å². The van der Waals surface area contributed by atoms with Crippen molar-refractivity contribution in [3.05, 3.63) is 35.4 Å². The second-order valence-electron chi connectivity index (χ2n) is 6.04. The summed E-state index contributed by atoms with van der Waals surface area (Å²) in [5, 5.41) is 0. The van der Waals surface area contributed by atoms with Crippen LogP contribution in [0, 0.1) is 17.3 Å². The van der Waals surface area contributed by atoms with Gasteiger partial charge in [0.2, 0.25) is 0 Å². The van der Waals surface area contributed by atoms with Crippen LogP contribution in [0.25, 0.3) is 0 Å². The molecule has 1 fully saturated rings. The van der Waals surface area contributed by atoms with E-state index in [9.17, 15) is 4.79 Å². The minimum absolute atomic E-state index is 0.115. The maximum Gasteiger partial charge on any atom is 0.253 e. The third-order valence-electron chi connectivity index (χ3n) is 4.56. The van der Waals surface area contributed by atoms with E-state index in [0.29, 0.717) is 12.0 Å². The van der Waals surface area contributed by atoms with Gasteiger partial charge in [0.1, 0.15) is 0 Å². The third kappa shape index (κ3) is 3.86. The Morgan fingerprint density at radius 1 is 1.38 bits per heavy atom. The summed E-state index contributed by atoms with van der Waals surface area (Å²) in [7, 11) is 0. The molecule has 0 aromatic heterocycles. The average molecular weight is 284 g/mol. The molecule has 0 saturated carbocycles. The smallest absolute Gasteiger partial charge is 0.253 e. The highest BCUT2D eigenvalue weighted by Gasteiger charge is 2.30. The Kier molecular flexibility index (Phi) is 5.03. The second-order valence-corrected chi connectivity index (χ2v) is 6.04. The Bertz CT molecular complexity index is 560. The van der Waals surface area contributed by atoms with Crippen molar-refractivity contribution in [2.24, 2.45) is 11.1 Å². The number of carbonyl (C=O) groups is 1. The molecule has 2 rings (SSSR count). The van der Waals surface area contributed by atoms with E-state index in [1.54, 1.807) is 0 Å². The Hall–Kier alpha value is -1.79. The van der Waals surface area contributed by atoms with Crippen LogP contribution >= 0.6 is 0 Å². The fourth-order valence-electron chi connectivity index (χ4n) is 2.67. The maximum absolute atomic E-state index is 12.6. The van der Waals surface area contributed by atoms with E-state index in [2.05, 4.69) is 25.7 Å². The first-order valence-electron chi connectivity index (χ1n) is 7.66. The number of hydrogen-bond acceptors (Lipinski definition) is 2. The van der Waals surface area contributed by atoms with Crippen LogP contribution in [0.2, 0.25) is 0 Å². The van der Waals surface area contributed by atoms with Crippen LogP contribution in [-0.2, 0) is 0 Å². The first-order valence-corrected chi connectivity index (χ1v) is 7.66. The molecule has 0 atom stereocenters. The number of nitrogens with zero attached hydrogens (tertiary/aromatic N) is 1. The molecule has 1 aromatic rings. The minimum Gasteiger partial charge on any atom is -0.339 e. The van der Waals surface area contributed by atoms with Gasteiger partial charge in [0.05, 0.1) is 6.54 Å². The van der Waals surface area contributed by atoms with Crippen molar-refractivity contribution in [3.8, 4) is 11.8 Å². The summed E-state index contributed by atoms with van der Waals surface area (Å²) in [4.78, 5) is 14.5. The molecule has 112 valence electrons. The van der Waals surface area contributed by atoms with E-state index in [1.807, 2.05) is 29.2 Å². The van der Waals surface area contributed by atoms with Crippen molar-refractivity contribution in [2.75, 3.05) is 19.6 Å². The summed E-state index contributed by atoms with van der Waals surface area (Å²) < 4.78 is 0. The van der Waals surface area contributed by atoms with Crippen LogP contribution < -0.4 is 5.73 Å². The Morgan fingerprint density at radius 2 is 2.10 bits per heavy atom. The molecule has 2 N–H and O–H groups in total. The van der Waals surface area contributed by atoms with Crippen LogP contribution in [0.4, 0.5) is 0 Å². The van der Waals surface area contributed by atoms with Gasteiger partial charge in [-0.3, -0.25) is 4.79 Å². The molecule has 1 amide bonds. The molecule has 1 aromatic carbocycles. The van der Waals surface area contributed by atoms with Crippen molar-refractivity contribution in [2.45, 2.75) is 33.1 Å².